The molecule has 4 heteroatoms. The average Bonchev–Trinajstić information content (AvgIpc) is 3.06. The molecule has 2 heterocycles. The zero-order valence-electron chi connectivity index (χ0n) is 12.0. The molecule has 3 aromatic rings. The fourth-order valence-corrected chi connectivity index (χ4v) is 3.06. The highest BCUT2D eigenvalue weighted by molar-refractivity contribution is 7.07. The molecule has 1 atom stereocenters. The summed E-state index contributed by atoms with van der Waals surface area (Å²) in [5.74, 6) is 0.896. The molecule has 2 aromatic heterocycles. The van der Waals surface area contributed by atoms with E-state index in [1.54, 1.807) is 11.3 Å². The Morgan fingerprint density at radius 2 is 2.19 bits per heavy atom. The number of rotatable bonds is 6. The Balaban J connectivity index is 1.90. The van der Waals surface area contributed by atoms with Crippen molar-refractivity contribution in [3.63, 3.8) is 0 Å². The summed E-state index contributed by atoms with van der Waals surface area (Å²) < 4.78 is 6.30. The summed E-state index contributed by atoms with van der Waals surface area (Å²) in [4.78, 5) is 4.38. The van der Waals surface area contributed by atoms with Crippen molar-refractivity contribution in [2.24, 2.45) is 0 Å². The van der Waals surface area contributed by atoms with Gasteiger partial charge in [0, 0.05) is 23.6 Å². The van der Waals surface area contributed by atoms with Crippen molar-refractivity contribution < 1.29 is 4.74 Å². The number of nitrogens with zero attached hydrogens (tertiary/aromatic N) is 1. The van der Waals surface area contributed by atoms with Gasteiger partial charge in [-0.05, 0) is 54.7 Å². The molecule has 0 aliphatic heterocycles. The monoisotopic (exact) mass is 298 g/mol. The van der Waals surface area contributed by atoms with Crippen molar-refractivity contribution in [1.29, 1.82) is 0 Å². The molecular weight excluding hydrogens is 280 g/mol. The molecule has 0 saturated carbocycles. The van der Waals surface area contributed by atoms with Gasteiger partial charge >= 0.3 is 0 Å². The van der Waals surface area contributed by atoms with Gasteiger partial charge in [0.15, 0.2) is 0 Å². The lowest BCUT2D eigenvalue weighted by atomic mass is 10.1. The third-order valence-electron chi connectivity index (χ3n) is 3.45. The first-order valence-corrected chi connectivity index (χ1v) is 8.00. The summed E-state index contributed by atoms with van der Waals surface area (Å²) in [6.45, 7) is 0.920. The second kappa shape index (κ2) is 6.70. The minimum absolute atomic E-state index is 0.0644. The summed E-state index contributed by atoms with van der Waals surface area (Å²) in [6.07, 6.45) is 2.81. The van der Waals surface area contributed by atoms with Crippen LogP contribution in [0.15, 0.2) is 53.4 Å². The van der Waals surface area contributed by atoms with Crippen LogP contribution in [0.3, 0.4) is 0 Å². The Labute approximate surface area is 128 Å². The van der Waals surface area contributed by atoms with Crippen molar-refractivity contribution in [1.82, 2.24) is 10.3 Å². The van der Waals surface area contributed by atoms with Gasteiger partial charge < -0.3 is 10.1 Å². The smallest absolute Gasteiger partial charge is 0.129 e. The zero-order chi connectivity index (χ0) is 14.5. The van der Waals surface area contributed by atoms with Crippen molar-refractivity contribution >= 4 is 22.2 Å². The van der Waals surface area contributed by atoms with Crippen molar-refractivity contribution in [2.45, 2.75) is 12.5 Å². The molecule has 1 aromatic carbocycles. The molecule has 0 spiro atoms. The van der Waals surface area contributed by atoms with Crippen molar-refractivity contribution in [2.75, 3.05) is 13.6 Å². The molecule has 0 bridgehead atoms. The van der Waals surface area contributed by atoms with E-state index in [-0.39, 0.29) is 6.10 Å². The van der Waals surface area contributed by atoms with Gasteiger partial charge in [-0.15, -0.1) is 0 Å². The average molecular weight is 298 g/mol. The van der Waals surface area contributed by atoms with Gasteiger partial charge in [-0.25, -0.2) is 0 Å². The molecule has 0 radical (unpaired) electrons. The summed E-state index contributed by atoms with van der Waals surface area (Å²) in [5, 5.41) is 8.50. The summed E-state index contributed by atoms with van der Waals surface area (Å²) in [6, 6.07) is 12.2. The van der Waals surface area contributed by atoms with E-state index in [4.69, 9.17) is 4.74 Å². The molecule has 0 fully saturated rings. The molecule has 3 nitrogen and oxygen atoms in total. The fraction of sp³-hybridized carbons (Fsp3) is 0.235. The number of benzene rings is 1. The number of pyridine rings is 1. The molecule has 108 valence electrons. The van der Waals surface area contributed by atoms with Crippen LogP contribution >= 0.6 is 11.3 Å². The molecule has 0 aliphatic carbocycles. The lowest BCUT2D eigenvalue weighted by Crippen LogP contribution is -2.16. The van der Waals surface area contributed by atoms with Gasteiger partial charge in [0.2, 0.25) is 0 Å². The van der Waals surface area contributed by atoms with E-state index in [0.717, 1.165) is 29.6 Å². The first-order valence-electron chi connectivity index (χ1n) is 7.05. The number of hydrogen-bond acceptors (Lipinski definition) is 4. The highest BCUT2D eigenvalue weighted by Crippen LogP contribution is 2.30. The van der Waals surface area contributed by atoms with Crippen LogP contribution in [0, 0.1) is 0 Å². The van der Waals surface area contributed by atoms with Crippen LogP contribution in [0.5, 0.6) is 5.75 Å². The quantitative estimate of drug-likeness (QED) is 0.746. The maximum atomic E-state index is 6.30. The molecule has 0 aliphatic rings. The van der Waals surface area contributed by atoms with Crippen molar-refractivity contribution in [3.05, 3.63) is 58.9 Å². The van der Waals surface area contributed by atoms with E-state index in [1.807, 2.05) is 37.5 Å². The fourth-order valence-electron chi connectivity index (χ4n) is 2.36. The van der Waals surface area contributed by atoms with Crippen LogP contribution in [0.2, 0.25) is 0 Å². The van der Waals surface area contributed by atoms with Gasteiger partial charge in [0.25, 0.3) is 0 Å². The Morgan fingerprint density at radius 1 is 1.24 bits per heavy atom. The maximum Gasteiger partial charge on any atom is 0.129 e. The van der Waals surface area contributed by atoms with Gasteiger partial charge in [-0.3, -0.25) is 4.98 Å². The normalized spacial score (nSPS) is 12.4. The molecule has 0 unspecified atom stereocenters. The second-order valence-corrected chi connectivity index (χ2v) is 5.66. The van der Waals surface area contributed by atoms with Gasteiger partial charge in [-0.2, -0.15) is 11.3 Å². The first kappa shape index (κ1) is 14.0. The minimum atomic E-state index is 0.0644. The van der Waals surface area contributed by atoms with Crippen LogP contribution in [0.4, 0.5) is 0 Å². The molecule has 0 amide bonds. The van der Waals surface area contributed by atoms with E-state index in [2.05, 4.69) is 33.2 Å². The maximum absolute atomic E-state index is 6.30. The lowest BCUT2D eigenvalue weighted by molar-refractivity contribution is 0.198. The predicted octanol–water partition coefficient (Wildman–Crippen LogP) is 4.03. The molecule has 21 heavy (non-hydrogen) atoms. The van der Waals surface area contributed by atoms with E-state index in [9.17, 15) is 0 Å². The minimum Gasteiger partial charge on any atom is -0.485 e. The molecular formula is C17H18N2OS. The van der Waals surface area contributed by atoms with E-state index < -0.39 is 0 Å². The van der Waals surface area contributed by atoms with Gasteiger partial charge in [-0.1, -0.05) is 6.07 Å². The first-order chi connectivity index (χ1) is 10.4. The standard InChI is InChI=1S/C17H18N2OS/c1-18-10-7-16(13-8-11-21-12-13)20-17-6-2-5-15-14(17)4-3-9-19-15/h2-6,8-9,11-12,16,18H,7,10H2,1H3/t16-/m0/s1. The lowest BCUT2D eigenvalue weighted by Gasteiger charge is -2.19. The second-order valence-electron chi connectivity index (χ2n) is 4.88. The van der Waals surface area contributed by atoms with Crippen LogP contribution in [0.25, 0.3) is 10.9 Å². The summed E-state index contributed by atoms with van der Waals surface area (Å²) >= 11 is 1.70. The highest BCUT2D eigenvalue weighted by atomic mass is 32.1. The number of aromatic nitrogens is 1. The number of hydrogen-bond donors (Lipinski definition) is 1. The Bertz CT molecular complexity index is 692. The van der Waals surface area contributed by atoms with Crippen LogP contribution in [0.1, 0.15) is 18.1 Å². The van der Waals surface area contributed by atoms with E-state index in [0.29, 0.717) is 0 Å². The molecule has 1 N–H and O–H groups in total. The van der Waals surface area contributed by atoms with Crippen LogP contribution in [-0.2, 0) is 0 Å². The van der Waals surface area contributed by atoms with Crippen LogP contribution in [-0.4, -0.2) is 18.6 Å². The van der Waals surface area contributed by atoms with E-state index >= 15 is 0 Å². The summed E-state index contributed by atoms with van der Waals surface area (Å²) in [5.41, 5.74) is 2.20. The van der Waals surface area contributed by atoms with Gasteiger partial charge in [0.05, 0.1) is 5.52 Å². The number of ether oxygens (including phenoxy) is 1. The third kappa shape index (κ3) is 3.23. The number of nitrogens with one attached hydrogen (secondary N) is 1. The van der Waals surface area contributed by atoms with Crippen LogP contribution < -0.4 is 10.1 Å². The topological polar surface area (TPSA) is 34.1 Å². The molecule has 3 rings (SSSR count). The van der Waals surface area contributed by atoms with E-state index in [1.165, 1.54) is 5.56 Å². The Kier molecular flexibility index (Phi) is 4.48. The third-order valence-corrected chi connectivity index (χ3v) is 4.15. The predicted molar refractivity (Wildman–Crippen MR) is 88.0 cm³/mol. The largest absolute Gasteiger partial charge is 0.485 e. The number of thiophene rings is 1. The highest BCUT2D eigenvalue weighted by Gasteiger charge is 2.15. The van der Waals surface area contributed by atoms with Gasteiger partial charge in [0.1, 0.15) is 11.9 Å². The SMILES string of the molecule is CNCC[C@H](Oc1cccc2ncccc12)c1ccsc1. The molecule has 0 saturated heterocycles. The van der Waals surface area contributed by atoms with Crippen molar-refractivity contribution in [3.8, 4) is 5.75 Å². The Morgan fingerprint density at radius 3 is 3.00 bits per heavy atom. The summed E-state index contributed by atoms with van der Waals surface area (Å²) in [7, 11) is 1.96. The number of fused-ring (bicyclic) bond motifs is 1. The zero-order valence-corrected chi connectivity index (χ0v) is 12.8. The Hall–Kier alpha value is -1.91.